The topological polar surface area (TPSA) is 89.8 Å². The highest BCUT2D eigenvalue weighted by molar-refractivity contribution is 5.85. The van der Waals surface area contributed by atoms with Crippen LogP contribution in [0.5, 0.6) is 0 Å². The van der Waals surface area contributed by atoms with Crippen LogP contribution in [0.1, 0.15) is 36.7 Å². The number of aliphatic hydroxyl groups excluding tert-OH is 1. The zero-order valence-corrected chi connectivity index (χ0v) is 16.3. The number of fused-ring (bicyclic) bond motifs is 2. The smallest absolute Gasteiger partial charge is 0.154 e. The lowest BCUT2D eigenvalue weighted by molar-refractivity contribution is 0.276. The minimum absolute atomic E-state index is 0.102. The molecular formula is C23H23N5O. The standard InChI is InChI=1S/C23H23N5O/c1-23(24)11-3-4-15-9-10-19(27-22(15)23)16-7-8-17-13-25-28(20(17)12-16)21-6-2-5-18(14-29)26-21/h2,5-10,12-13,29H,3-4,11,14,24H2,1H3. The van der Waals surface area contributed by atoms with Crippen LogP contribution < -0.4 is 5.73 Å². The van der Waals surface area contributed by atoms with Crippen LogP contribution in [-0.2, 0) is 18.6 Å². The number of aromatic nitrogens is 4. The lowest BCUT2D eigenvalue weighted by Gasteiger charge is -2.31. The molecule has 0 bridgehead atoms. The average molecular weight is 385 g/mol. The molecule has 0 radical (unpaired) electrons. The maximum atomic E-state index is 9.39. The van der Waals surface area contributed by atoms with Crippen molar-refractivity contribution >= 4 is 10.9 Å². The summed E-state index contributed by atoms with van der Waals surface area (Å²) in [5.41, 5.74) is 11.9. The first kappa shape index (κ1) is 18.0. The molecule has 0 saturated carbocycles. The van der Waals surface area contributed by atoms with Crippen molar-refractivity contribution in [1.29, 1.82) is 0 Å². The molecule has 0 fully saturated rings. The number of nitrogens with zero attached hydrogens (tertiary/aromatic N) is 4. The van der Waals surface area contributed by atoms with Crippen molar-refractivity contribution in [2.24, 2.45) is 5.73 Å². The van der Waals surface area contributed by atoms with Crippen LogP contribution in [0, 0.1) is 0 Å². The molecule has 1 aliphatic rings. The predicted octanol–water partition coefficient (Wildman–Crippen LogP) is 3.49. The maximum Gasteiger partial charge on any atom is 0.154 e. The highest BCUT2D eigenvalue weighted by Crippen LogP contribution is 2.34. The van der Waals surface area contributed by atoms with Crippen LogP contribution in [0.25, 0.3) is 28.0 Å². The largest absolute Gasteiger partial charge is 0.390 e. The summed E-state index contributed by atoms with van der Waals surface area (Å²) in [6, 6.07) is 16.0. The van der Waals surface area contributed by atoms with Crippen molar-refractivity contribution in [2.75, 3.05) is 0 Å². The molecule has 29 heavy (non-hydrogen) atoms. The normalized spacial score (nSPS) is 18.7. The van der Waals surface area contributed by atoms with Gasteiger partial charge in [-0.15, -0.1) is 0 Å². The average Bonchev–Trinajstić information content (AvgIpc) is 3.17. The molecule has 1 unspecified atom stereocenters. The fourth-order valence-corrected chi connectivity index (χ4v) is 4.14. The van der Waals surface area contributed by atoms with E-state index in [1.54, 1.807) is 10.7 Å². The number of nitrogens with two attached hydrogens (primary N) is 1. The van der Waals surface area contributed by atoms with E-state index in [0.29, 0.717) is 11.5 Å². The zero-order valence-electron chi connectivity index (χ0n) is 16.3. The number of aliphatic hydroxyl groups is 1. The van der Waals surface area contributed by atoms with Gasteiger partial charge in [-0.25, -0.2) is 9.67 Å². The lowest BCUT2D eigenvalue weighted by Crippen LogP contribution is -2.37. The fraction of sp³-hybridized carbons (Fsp3) is 0.261. The van der Waals surface area contributed by atoms with Crippen LogP contribution in [-0.4, -0.2) is 24.9 Å². The van der Waals surface area contributed by atoms with Gasteiger partial charge in [0.25, 0.3) is 0 Å². The van der Waals surface area contributed by atoms with Gasteiger partial charge in [-0.05, 0) is 56.0 Å². The van der Waals surface area contributed by atoms with Gasteiger partial charge in [0.2, 0.25) is 0 Å². The van der Waals surface area contributed by atoms with Crippen LogP contribution in [0.4, 0.5) is 0 Å². The molecule has 0 saturated heterocycles. The highest BCUT2D eigenvalue weighted by atomic mass is 16.3. The van der Waals surface area contributed by atoms with Gasteiger partial charge >= 0.3 is 0 Å². The minimum Gasteiger partial charge on any atom is -0.390 e. The lowest BCUT2D eigenvalue weighted by atomic mass is 9.82. The molecule has 146 valence electrons. The Morgan fingerprint density at radius 3 is 2.90 bits per heavy atom. The van der Waals surface area contributed by atoms with Crippen molar-refractivity contribution in [3.05, 3.63) is 71.7 Å². The van der Waals surface area contributed by atoms with Crippen molar-refractivity contribution in [2.45, 2.75) is 38.3 Å². The Balaban J connectivity index is 1.62. The van der Waals surface area contributed by atoms with Gasteiger partial charge in [0.05, 0.1) is 40.9 Å². The summed E-state index contributed by atoms with van der Waals surface area (Å²) in [5.74, 6) is 0.677. The van der Waals surface area contributed by atoms with Crippen molar-refractivity contribution in [3.63, 3.8) is 0 Å². The third-order valence-electron chi connectivity index (χ3n) is 5.70. The molecule has 1 aromatic carbocycles. The molecule has 6 nitrogen and oxygen atoms in total. The van der Waals surface area contributed by atoms with Gasteiger partial charge in [-0.1, -0.05) is 24.3 Å². The molecule has 1 aliphatic carbocycles. The van der Waals surface area contributed by atoms with E-state index < -0.39 is 0 Å². The Morgan fingerprint density at radius 2 is 2.03 bits per heavy atom. The molecule has 0 aliphatic heterocycles. The highest BCUT2D eigenvalue weighted by Gasteiger charge is 2.29. The molecule has 3 heterocycles. The number of benzene rings is 1. The second-order valence-electron chi connectivity index (χ2n) is 7.95. The number of hydrogen-bond acceptors (Lipinski definition) is 5. The minimum atomic E-state index is -0.385. The Hall–Kier alpha value is -3.09. The van der Waals surface area contributed by atoms with Crippen LogP contribution in [0.3, 0.4) is 0 Å². The summed E-state index contributed by atoms with van der Waals surface area (Å²) in [5, 5.41) is 14.9. The summed E-state index contributed by atoms with van der Waals surface area (Å²) in [4.78, 5) is 9.44. The fourth-order valence-electron chi connectivity index (χ4n) is 4.14. The van der Waals surface area contributed by atoms with Gasteiger partial charge < -0.3 is 10.8 Å². The Morgan fingerprint density at radius 1 is 1.14 bits per heavy atom. The predicted molar refractivity (Wildman–Crippen MR) is 112 cm³/mol. The molecule has 5 rings (SSSR count). The van der Waals surface area contributed by atoms with E-state index >= 15 is 0 Å². The van der Waals surface area contributed by atoms with E-state index in [2.05, 4.69) is 41.3 Å². The third-order valence-corrected chi connectivity index (χ3v) is 5.70. The molecule has 6 heteroatoms. The van der Waals surface area contributed by atoms with Gasteiger partial charge in [0.15, 0.2) is 5.82 Å². The van der Waals surface area contributed by atoms with E-state index in [4.69, 9.17) is 10.7 Å². The van der Waals surface area contributed by atoms with Gasteiger partial charge in [0.1, 0.15) is 0 Å². The molecule has 3 aromatic heterocycles. The van der Waals surface area contributed by atoms with Crippen molar-refractivity contribution < 1.29 is 5.11 Å². The molecule has 4 aromatic rings. The number of hydrogen-bond donors (Lipinski definition) is 2. The molecule has 0 spiro atoms. The van der Waals surface area contributed by atoms with E-state index in [9.17, 15) is 5.11 Å². The second kappa shape index (κ2) is 6.76. The Kier molecular flexibility index (Phi) is 4.19. The quantitative estimate of drug-likeness (QED) is 0.563. The first-order valence-electron chi connectivity index (χ1n) is 9.90. The van der Waals surface area contributed by atoms with Crippen molar-refractivity contribution in [1.82, 2.24) is 19.7 Å². The van der Waals surface area contributed by atoms with Crippen molar-refractivity contribution in [3.8, 4) is 17.1 Å². The van der Waals surface area contributed by atoms with Crippen LogP contribution in [0.2, 0.25) is 0 Å². The number of pyridine rings is 2. The summed E-state index contributed by atoms with van der Waals surface area (Å²) < 4.78 is 1.80. The SMILES string of the molecule is CC1(N)CCCc2ccc(-c3ccc4cnn(-c5cccc(CO)n5)c4c3)nc21. The number of rotatable bonds is 3. The first-order valence-corrected chi connectivity index (χ1v) is 9.90. The maximum absolute atomic E-state index is 9.39. The second-order valence-corrected chi connectivity index (χ2v) is 7.95. The molecule has 0 amide bonds. The molecule has 3 N–H and O–H groups in total. The van der Waals surface area contributed by atoms with Crippen LogP contribution in [0.15, 0.2) is 54.7 Å². The zero-order chi connectivity index (χ0) is 20.0. The summed E-state index contributed by atoms with van der Waals surface area (Å²) in [7, 11) is 0. The first-order chi connectivity index (χ1) is 14.0. The van der Waals surface area contributed by atoms with E-state index in [-0.39, 0.29) is 12.1 Å². The van der Waals surface area contributed by atoms with Gasteiger partial charge in [0, 0.05) is 10.9 Å². The van der Waals surface area contributed by atoms with E-state index in [0.717, 1.165) is 47.1 Å². The third kappa shape index (κ3) is 3.10. The molecular weight excluding hydrogens is 362 g/mol. The number of aryl methyl sites for hydroxylation is 1. The Bertz CT molecular complexity index is 1210. The summed E-state index contributed by atoms with van der Waals surface area (Å²) in [6.07, 6.45) is 4.92. The van der Waals surface area contributed by atoms with Gasteiger partial charge in [-0.3, -0.25) is 4.98 Å². The van der Waals surface area contributed by atoms with E-state index in [1.807, 2.05) is 24.4 Å². The van der Waals surface area contributed by atoms with Gasteiger partial charge in [-0.2, -0.15) is 5.10 Å². The monoisotopic (exact) mass is 385 g/mol. The molecule has 1 atom stereocenters. The summed E-state index contributed by atoms with van der Waals surface area (Å²) >= 11 is 0. The Labute approximate surface area is 169 Å². The summed E-state index contributed by atoms with van der Waals surface area (Å²) in [6.45, 7) is 1.97. The van der Waals surface area contributed by atoms with Crippen LogP contribution >= 0.6 is 0 Å². The van der Waals surface area contributed by atoms with E-state index in [1.165, 1.54) is 5.56 Å².